The summed E-state index contributed by atoms with van der Waals surface area (Å²) in [7, 11) is 0. The first-order valence-corrected chi connectivity index (χ1v) is 8.10. The third-order valence-electron chi connectivity index (χ3n) is 4.30. The van der Waals surface area contributed by atoms with Crippen LogP contribution in [0.5, 0.6) is 0 Å². The second-order valence-electron chi connectivity index (χ2n) is 6.46. The van der Waals surface area contributed by atoms with Crippen LogP contribution in [0.4, 0.5) is 0 Å². The highest BCUT2D eigenvalue weighted by Crippen LogP contribution is 2.19. The van der Waals surface area contributed by atoms with Gasteiger partial charge >= 0.3 is 0 Å². The summed E-state index contributed by atoms with van der Waals surface area (Å²) in [5.74, 6) is 1.45. The fourth-order valence-corrected chi connectivity index (χ4v) is 2.82. The molecule has 3 heteroatoms. The molecule has 1 aliphatic rings. The Morgan fingerprint density at radius 3 is 2.26 bits per heavy atom. The van der Waals surface area contributed by atoms with Crippen LogP contribution in [0.1, 0.15) is 47.5 Å². The van der Waals surface area contributed by atoms with E-state index in [2.05, 4.69) is 44.8 Å². The molecule has 19 heavy (non-hydrogen) atoms. The van der Waals surface area contributed by atoms with E-state index in [1.54, 1.807) is 0 Å². The van der Waals surface area contributed by atoms with Crippen LogP contribution in [-0.4, -0.2) is 49.8 Å². The van der Waals surface area contributed by atoms with Crippen molar-refractivity contribution >= 4 is 0 Å². The zero-order chi connectivity index (χ0) is 14.3. The molecule has 0 bridgehead atoms. The molecular weight excluding hydrogens is 236 g/mol. The molecule has 2 atom stereocenters. The molecule has 0 aliphatic carbocycles. The lowest BCUT2D eigenvalue weighted by Gasteiger charge is -2.38. The van der Waals surface area contributed by atoms with Gasteiger partial charge in [-0.15, -0.1) is 0 Å². The van der Waals surface area contributed by atoms with E-state index >= 15 is 0 Å². The highest BCUT2D eigenvalue weighted by Gasteiger charge is 2.25. The Morgan fingerprint density at radius 1 is 1.11 bits per heavy atom. The second kappa shape index (κ2) is 8.93. The van der Waals surface area contributed by atoms with Crippen molar-refractivity contribution in [2.75, 3.05) is 32.8 Å². The summed E-state index contributed by atoms with van der Waals surface area (Å²) in [6.07, 6.45) is 2.90. The number of hydrogen-bond donors (Lipinski definition) is 1. The van der Waals surface area contributed by atoms with Crippen molar-refractivity contribution in [1.82, 2.24) is 10.2 Å². The summed E-state index contributed by atoms with van der Waals surface area (Å²) >= 11 is 0. The molecule has 0 aromatic heterocycles. The molecule has 1 heterocycles. The number of likely N-dealkylation sites (tertiary alicyclic amines) is 1. The largest absolute Gasteiger partial charge is 0.378 e. The summed E-state index contributed by atoms with van der Waals surface area (Å²) in [5, 5.41) is 3.58. The third-order valence-corrected chi connectivity index (χ3v) is 4.30. The summed E-state index contributed by atoms with van der Waals surface area (Å²) in [6, 6.07) is 0.669. The molecule has 1 saturated heterocycles. The van der Waals surface area contributed by atoms with Gasteiger partial charge in [0.1, 0.15) is 0 Å². The van der Waals surface area contributed by atoms with Crippen molar-refractivity contribution < 1.29 is 4.74 Å². The van der Waals surface area contributed by atoms with E-state index in [1.165, 1.54) is 25.9 Å². The van der Waals surface area contributed by atoms with Crippen molar-refractivity contribution in [1.29, 1.82) is 0 Å². The predicted octanol–water partition coefficient (Wildman–Crippen LogP) is 2.76. The maximum Gasteiger partial charge on any atom is 0.0599 e. The molecule has 3 nitrogen and oxygen atoms in total. The lowest BCUT2D eigenvalue weighted by Crippen LogP contribution is -2.46. The quantitative estimate of drug-likeness (QED) is 0.734. The Balaban J connectivity index is 2.23. The van der Waals surface area contributed by atoms with Crippen LogP contribution in [0.25, 0.3) is 0 Å². The van der Waals surface area contributed by atoms with Gasteiger partial charge in [-0.05, 0) is 51.6 Å². The number of rotatable bonds is 8. The number of ether oxygens (including phenoxy) is 1. The topological polar surface area (TPSA) is 24.5 Å². The molecule has 1 fully saturated rings. The average Bonchev–Trinajstić information content (AvgIpc) is 2.38. The molecule has 114 valence electrons. The summed E-state index contributed by atoms with van der Waals surface area (Å²) < 4.78 is 5.72. The van der Waals surface area contributed by atoms with E-state index in [1.807, 2.05) is 0 Å². The normalized spacial score (nSPS) is 21.8. The molecule has 0 amide bonds. The van der Waals surface area contributed by atoms with Crippen LogP contribution in [0.15, 0.2) is 0 Å². The monoisotopic (exact) mass is 270 g/mol. The van der Waals surface area contributed by atoms with E-state index < -0.39 is 0 Å². The molecule has 0 aromatic rings. The molecule has 1 N–H and O–H groups in total. The fourth-order valence-electron chi connectivity index (χ4n) is 2.82. The van der Waals surface area contributed by atoms with Gasteiger partial charge in [0.05, 0.1) is 6.10 Å². The van der Waals surface area contributed by atoms with Gasteiger partial charge in [-0.25, -0.2) is 0 Å². The second-order valence-corrected chi connectivity index (χ2v) is 6.46. The first-order valence-electron chi connectivity index (χ1n) is 8.10. The van der Waals surface area contributed by atoms with Gasteiger partial charge in [0.2, 0.25) is 0 Å². The van der Waals surface area contributed by atoms with Crippen LogP contribution in [0, 0.1) is 11.8 Å². The summed E-state index contributed by atoms with van der Waals surface area (Å²) in [6.45, 7) is 16.9. The highest BCUT2D eigenvalue weighted by molar-refractivity contribution is 4.80. The van der Waals surface area contributed by atoms with Crippen molar-refractivity contribution in [3.8, 4) is 0 Å². The van der Waals surface area contributed by atoms with E-state index in [0.29, 0.717) is 18.1 Å². The minimum atomic E-state index is 0.503. The van der Waals surface area contributed by atoms with E-state index in [0.717, 1.165) is 25.6 Å². The van der Waals surface area contributed by atoms with Crippen LogP contribution in [0.2, 0.25) is 0 Å². The average molecular weight is 270 g/mol. The van der Waals surface area contributed by atoms with Crippen LogP contribution in [0.3, 0.4) is 0 Å². The molecular formula is C16H34N2O. The van der Waals surface area contributed by atoms with Crippen molar-refractivity contribution in [2.45, 2.75) is 59.6 Å². The lowest BCUT2D eigenvalue weighted by atomic mass is 9.98. The Labute approximate surface area is 120 Å². The van der Waals surface area contributed by atoms with Gasteiger partial charge in [-0.1, -0.05) is 20.8 Å². The number of nitrogens with one attached hydrogen (secondary N) is 1. The molecule has 0 aromatic carbocycles. The minimum absolute atomic E-state index is 0.503. The van der Waals surface area contributed by atoms with Gasteiger partial charge in [0, 0.05) is 25.7 Å². The van der Waals surface area contributed by atoms with Gasteiger partial charge in [-0.2, -0.15) is 0 Å². The smallest absolute Gasteiger partial charge is 0.0599 e. The predicted molar refractivity (Wildman–Crippen MR) is 82.6 cm³/mol. The van der Waals surface area contributed by atoms with Crippen molar-refractivity contribution in [3.63, 3.8) is 0 Å². The first kappa shape index (κ1) is 16.9. The zero-order valence-electron chi connectivity index (χ0n) is 13.6. The number of hydrogen-bond acceptors (Lipinski definition) is 3. The van der Waals surface area contributed by atoms with Gasteiger partial charge in [-0.3, -0.25) is 0 Å². The maximum absolute atomic E-state index is 5.72. The van der Waals surface area contributed by atoms with Crippen LogP contribution < -0.4 is 5.32 Å². The van der Waals surface area contributed by atoms with Gasteiger partial charge in [0.15, 0.2) is 0 Å². The zero-order valence-corrected chi connectivity index (χ0v) is 13.6. The Hall–Kier alpha value is -0.120. The summed E-state index contributed by atoms with van der Waals surface area (Å²) in [5.41, 5.74) is 0. The third kappa shape index (κ3) is 6.24. The van der Waals surface area contributed by atoms with Gasteiger partial charge < -0.3 is 15.0 Å². The molecule has 0 saturated carbocycles. The van der Waals surface area contributed by atoms with E-state index in [4.69, 9.17) is 4.74 Å². The van der Waals surface area contributed by atoms with Crippen molar-refractivity contribution in [3.05, 3.63) is 0 Å². The SMILES string of the molecule is CCOC1CCN(C(C)C(C)CNCC(C)C)CC1. The molecule has 1 rings (SSSR count). The van der Waals surface area contributed by atoms with Crippen molar-refractivity contribution in [2.24, 2.45) is 11.8 Å². The Bertz CT molecular complexity index is 225. The fraction of sp³-hybridized carbons (Fsp3) is 1.00. The Morgan fingerprint density at radius 2 is 1.74 bits per heavy atom. The van der Waals surface area contributed by atoms with Crippen LogP contribution in [-0.2, 0) is 4.74 Å². The van der Waals surface area contributed by atoms with E-state index in [9.17, 15) is 0 Å². The minimum Gasteiger partial charge on any atom is -0.378 e. The molecule has 0 radical (unpaired) electrons. The molecule has 2 unspecified atom stereocenters. The summed E-state index contributed by atoms with van der Waals surface area (Å²) in [4.78, 5) is 2.64. The molecule has 1 aliphatic heterocycles. The molecule has 0 spiro atoms. The van der Waals surface area contributed by atoms with Gasteiger partial charge in [0.25, 0.3) is 0 Å². The first-order chi connectivity index (χ1) is 9.04. The highest BCUT2D eigenvalue weighted by atomic mass is 16.5. The van der Waals surface area contributed by atoms with Crippen LogP contribution >= 0.6 is 0 Å². The Kier molecular flexibility index (Phi) is 7.96. The number of nitrogens with zero attached hydrogens (tertiary/aromatic N) is 1. The standard InChI is InChI=1S/C16H34N2O/c1-6-19-16-7-9-18(10-8-16)15(5)14(4)12-17-11-13(2)3/h13-17H,6-12H2,1-5H3. The lowest BCUT2D eigenvalue weighted by molar-refractivity contribution is -0.0000366. The number of piperidine rings is 1. The van der Waals surface area contributed by atoms with E-state index in [-0.39, 0.29) is 0 Å². The maximum atomic E-state index is 5.72.